The third-order valence-electron chi connectivity index (χ3n) is 11.8. The smallest absolute Gasteiger partial charge is 0.164 e. The molecule has 3 heteroatoms. The Morgan fingerprint density at radius 3 is 1.03 bits per heavy atom. The third kappa shape index (κ3) is 6.82. The van der Waals surface area contributed by atoms with Crippen molar-refractivity contribution in [3.8, 4) is 89.8 Å². The SMILES string of the molecule is c1ccc(-c2ccc(-c3ccccc3-c3c4ccccc4c(-c4ccc(-c5nc(-c6ccccc6)nc(-c6ccccc6-c6ccccc6)n5)cc4)c4ccccc34)cc2)cc1. The van der Waals surface area contributed by atoms with E-state index in [1.54, 1.807) is 0 Å². The molecule has 0 aliphatic carbocycles. The number of benzene rings is 10. The van der Waals surface area contributed by atoms with Gasteiger partial charge >= 0.3 is 0 Å². The molecule has 0 radical (unpaired) electrons. The number of fused-ring (bicyclic) bond motifs is 2. The number of hydrogen-bond donors (Lipinski definition) is 0. The van der Waals surface area contributed by atoms with Gasteiger partial charge in [-0.15, -0.1) is 0 Å². The first-order valence-corrected chi connectivity index (χ1v) is 21.0. The lowest BCUT2D eigenvalue weighted by Gasteiger charge is -2.20. The Bertz CT molecular complexity index is 3300. The van der Waals surface area contributed by atoms with Crippen molar-refractivity contribution in [3.05, 3.63) is 237 Å². The van der Waals surface area contributed by atoms with E-state index in [2.05, 4.69) is 206 Å². The van der Waals surface area contributed by atoms with Gasteiger partial charge < -0.3 is 0 Å². The molecule has 0 aliphatic heterocycles. The summed E-state index contributed by atoms with van der Waals surface area (Å²) in [5.74, 6) is 1.90. The molecule has 11 rings (SSSR count). The molecule has 1 heterocycles. The average Bonchev–Trinajstić information content (AvgIpc) is 3.36. The van der Waals surface area contributed by atoms with Crippen LogP contribution in [0.25, 0.3) is 111 Å². The summed E-state index contributed by atoms with van der Waals surface area (Å²) in [6, 6.07) is 83.7. The van der Waals surface area contributed by atoms with E-state index in [4.69, 9.17) is 15.0 Å². The summed E-state index contributed by atoms with van der Waals surface area (Å²) < 4.78 is 0. The Balaban J connectivity index is 1.04. The Hall–Kier alpha value is -8.27. The van der Waals surface area contributed by atoms with Crippen molar-refractivity contribution < 1.29 is 0 Å². The lowest BCUT2D eigenvalue weighted by atomic mass is 9.83. The minimum atomic E-state index is 0.627. The highest BCUT2D eigenvalue weighted by atomic mass is 15.0. The van der Waals surface area contributed by atoms with Crippen molar-refractivity contribution in [2.24, 2.45) is 0 Å². The largest absolute Gasteiger partial charge is 0.208 e. The number of hydrogen-bond acceptors (Lipinski definition) is 3. The summed E-state index contributed by atoms with van der Waals surface area (Å²) in [6.07, 6.45) is 0. The predicted octanol–water partition coefficient (Wildman–Crippen LogP) is 15.5. The van der Waals surface area contributed by atoms with Crippen molar-refractivity contribution in [1.29, 1.82) is 0 Å². The molecule has 0 fully saturated rings. The topological polar surface area (TPSA) is 38.7 Å². The molecule has 290 valence electrons. The molecular weight excluding hydrogens is 751 g/mol. The molecule has 0 saturated carbocycles. The fourth-order valence-corrected chi connectivity index (χ4v) is 8.83. The van der Waals surface area contributed by atoms with Gasteiger partial charge in [-0.2, -0.15) is 0 Å². The minimum Gasteiger partial charge on any atom is -0.208 e. The van der Waals surface area contributed by atoms with Gasteiger partial charge in [0.1, 0.15) is 0 Å². The Kier molecular flexibility index (Phi) is 9.53. The first kappa shape index (κ1) is 36.8. The fraction of sp³-hybridized carbons (Fsp3) is 0. The molecule has 0 unspecified atom stereocenters. The zero-order valence-electron chi connectivity index (χ0n) is 33.9. The van der Waals surface area contributed by atoms with Gasteiger partial charge in [-0.25, -0.2) is 15.0 Å². The molecule has 0 saturated heterocycles. The predicted molar refractivity (Wildman–Crippen MR) is 258 cm³/mol. The Labute approximate surface area is 361 Å². The molecule has 10 aromatic carbocycles. The number of rotatable bonds is 8. The first-order chi connectivity index (χ1) is 30.8. The van der Waals surface area contributed by atoms with Gasteiger partial charge in [0.2, 0.25) is 0 Å². The summed E-state index contributed by atoms with van der Waals surface area (Å²) in [6.45, 7) is 0. The van der Waals surface area contributed by atoms with E-state index < -0.39 is 0 Å². The normalized spacial score (nSPS) is 11.2. The summed E-state index contributed by atoms with van der Waals surface area (Å²) >= 11 is 0. The average molecular weight is 790 g/mol. The summed E-state index contributed by atoms with van der Waals surface area (Å²) in [7, 11) is 0. The van der Waals surface area contributed by atoms with Crippen LogP contribution >= 0.6 is 0 Å². The van der Waals surface area contributed by atoms with Crippen LogP contribution in [0.3, 0.4) is 0 Å². The summed E-state index contributed by atoms with van der Waals surface area (Å²) in [5, 5.41) is 4.83. The minimum absolute atomic E-state index is 0.627. The highest BCUT2D eigenvalue weighted by molar-refractivity contribution is 6.22. The summed E-state index contributed by atoms with van der Waals surface area (Å²) in [4.78, 5) is 15.3. The molecule has 1 aromatic heterocycles. The maximum absolute atomic E-state index is 5.16. The van der Waals surface area contributed by atoms with Crippen LogP contribution in [0.5, 0.6) is 0 Å². The van der Waals surface area contributed by atoms with Crippen molar-refractivity contribution >= 4 is 21.5 Å². The second-order valence-electron chi connectivity index (χ2n) is 15.5. The highest BCUT2D eigenvalue weighted by Gasteiger charge is 2.20. The van der Waals surface area contributed by atoms with Gasteiger partial charge in [0.05, 0.1) is 0 Å². The van der Waals surface area contributed by atoms with Crippen molar-refractivity contribution in [3.63, 3.8) is 0 Å². The van der Waals surface area contributed by atoms with Crippen molar-refractivity contribution in [1.82, 2.24) is 15.0 Å². The van der Waals surface area contributed by atoms with Gasteiger partial charge in [-0.05, 0) is 77.2 Å². The van der Waals surface area contributed by atoms with Gasteiger partial charge in [0, 0.05) is 16.7 Å². The second-order valence-corrected chi connectivity index (χ2v) is 15.5. The van der Waals surface area contributed by atoms with Gasteiger partial charge in [-0.3, -0.25) is 0 Å². The lowest BCUT2D eigenvalue weighted by molar-refractivity contribution is 1.07. The van der Waals surface area contributed by atoms with E-state index in [1.165, 1.54) is 60.5 Å². The molecular formula is C59H39N3. The number of aromatic nitrogens is 3. The van der Waals surface area contributed by atoms with Gasteiger partial charge in [-0.1, -0.05) is 237 Å². The molecule has 0 amide bonds. The first-order valence-electron chi connectivity index (χ1n) is 21.0. The molecule has 0 aliphatic rings. The maximum Gasteiger partial charge on any atom is 0.164 e. The highest BCUT2D eigenvalue weighted by Crippen LogP contribution is 2.46. The van der Waals surface area contributed by atoms with E-state index in [0.717, 1.165) is 33.4 Å². The molecule has 0 atom stereocenters. The molecule has 62 heavy (non-hydrogen) atoms. The van der Waals surface area contributed by atoms with Crippen LogP contribution in [0, 0.1) is 0 Å². The third-order valence-corrected chi connectivity index (χ3v) is 11.8. The van der Waals surface area contributed by atoms with Crippen LogP contribution in [0.2, 0.25) is 0 Å². The Morgan fingerprint density at radius 1 is 0.177 bits per heavy atom. The standard InChI is InChI=1S/C59H39N3/c1-4-18-40(19-5-1)41-32-34-43(35-33-41)47-24-10-12-26-49(47)56-52-29-15-13-27-50(52)55(51-28-14-16-30-53(51)56)44-36-38-46(39-37-44)58-60-57(45-22-8-3-9-23-45)61-59(62-58)54-31-17-11-25-48(54)42-20-6-2-7-21-42/h1-39H. The van der Waals surface area contributed by atoms with Crippen LogP contribution in [0.15, 0.2) is 237 Å². The second kappa shape index (κ2) is 16.1. The molecule has 3 nitrogen and oxygen atoms in total. The molecule has 0 spiro atoms. The van der Waals surface area contributed by atoms with Gasteiger partial charge in [0.15, 0.2) is 17.5 Å². The number of nitrogens with zero attached hydrogens (tertiary/aromatic N) is 3. The van der Waals surface area contributed by atoms with Crippen LogP contribution in [-0.2, 0) is 0 Å². The van der Waals surface area contributed by atoms with Crippen LogP contribution < -0.4 is 0 Å². The van der Waals surface area contributed by atoms with E-state index in [0.29, 0.717) is 17.5 Å². The molecule has 0 bridgehead atoms. The van der Waals surface area contributed by atoms with E-state index >= 15 is 0 Å². The van der Waals surface area contributed by atoms with E-state index in [-0.39, 0.29) is 0 Å². The lowest BCUT2D eigenvalue weighted by Crippen LogP contribution is -2.01. The van der Waals surface area contributed by atoms with Gasteiger partial charge in [0.25, 0.3) is 0 Å². The molecule has 0 N–H and O–H groups in total. The quantitative estimate of drug-likeness (QED) is 0.144. The van der Waals surface area contributed by atoms with Crippen LogP contribution in [0.4, 0.5) is 0 Å². The zero-order valence-corrected chi connectivity index (χ0v) is 33.9. The van der Waals surface area contributed by atoms with Crippen LogP contribution in [-0.4, -0.2) is 15.0 Å². The van der Waals surface area contributed by atoms with E-state index in [1.807, 2.05) is 30.3 Å². The summed E-state index contributed by atoms with van der Waals surface area (Å²) in [5.41, 5.74) is 14.6. The zero-order chi connectivity index (χ0) is 41.2. The maximum atomic E-state index is 5.16. The van der Waals surface area contributed by atoms with E-state index in [9.17, 15) is 0 Å². The van der Waals surface area contributed by atoms with Crippen molar-refractivity contribution in [2.45, 2.75) is 0 Å². The molecule has 11 aromatic rings. The fourth-order valence-electron chi connectivity index (χ4n) is 8.83. The van der Waals surface area contributed by atoms with Crippen LogP contribution in [0.1, 0.15) is 0 Å². The Morgan fingerprint density at radius 2 is 0.484 bits per heavy atom. The van der Waals surface area contributed by atoms with Crippen molar-refractivity contribution in [2.75, 3.05) is 0 Å². The monoisotopic (exact) mass is 789 g/mol.